The molecule has 0 saturated heterocycles. The van der Waals surface area contributed by atoms with Gasteiger partial charge in [-0.2, -0.15) is 16.0 Å². The number of amides is 1. The van der Waals surface area contributed by atoms with E-state index in [0.717, 1.165) is 9.69 Å². The number of benzene rings is 1. The molecule has 0 atom stereocenters. The molecule has 2 heterocycles. The Kier molecular flexibility index (Phi) is 9.30. The maximum absolute atomic E-state index is 13.7. The van der Waals surface area contributed by atoms with Crippen molar-refractivity contribution in [2.24, 2.45) is 5.16 Å². The third-order valence-corrected chi connectivity index (χ3v) is 5.92. The van der Waals surface area contributed by atoms with Crippen molar-refractivity contribution in [3.8, 4) is 5.75 Å². The van der Waals surface area contributed by atoms with E-state index in [1.165, 1.54) is 42.5 Å². The Morgan fingerprint density at radius 1 is 1.08 bits per heavy atom. The molecule has 10 nitrogen and oxygen atoms in total. The number of carbonyl (C=O) groups is 1. The molecule has 0 saturated carbocycles. The van der Waals surface area contributed by atoms with Crippen LogP contribution in [0.15, 0.2) is 62.0 Å². The van der Waals surface area contributed by atoms with Crippen molar-refractivity contribution in [3.63, 3.8) is 0 Å². The summed E-state index contributed by atoms with van der Waals surface area (Å²) in [6.07, 6.45) is 2.35. The van der Waals surface area contributed by atoms with Gasteiger partial charge in [-0.15, -0.1) is 0 Å². The molecule has 3 aromatic rings. The number of ether oxygens (including phenoxy) is 2. The molecular formula is C27H32N4O6S. The molecule has 0 N–H and O–H groups in total. The average Bonchev–Trinajstić information content (AvgIpc) is 3.42. The lowest BCUT2D eigenvalue weighted by Crippen LogP contribution is -2.53. The van der Waals surface area contributed by atoms with E-state index in [4.69, 9.17) is 14.3 Å². The summed E-state index contributed by atoms with van der Waals surface area (Å²) in [4.78, 5) is 45.7. The van der Waals surface area contributed by atoms with Crippen molar-refractivity contribution in [1.82, 2.24) is 9.24 Å². The third kappa shape index (κ3) is 6.41. The zero-order valence-corrected chi connectivity index (χ0v) is 23.3. The van der Waals surface area contributed by atoms with E-state index in [9.17, 15) is 14.4 Å². The van der Waals surface area contributed by atoms with Crippen LogP contribution in [0.5, 0.6) is 5.75 Å². The predicted octanol–water partition coefficient (Wildman–Crippen LogP) is 4.02. The number of methoxy groups -OCH3 is 1. The summed E-state index contributed by atoms with van der Waals surface area (Å²) in [5, 5.41) is 8.42. The van der Waals surface area contributed by atoms with Crippen molar-refractivity contribution in [3.05, 3.63) is 84.8 Å². The smallest absolute Gasteiger partial charge is 0.354 e. The van der Waals surface area contributed by atoms with Crippen LogP contribution in [0.1, 0.15) is 56.1 Å². The molecule has 11 heteroatoms. The average molecular weight is 541 g/mol. The fraction of sp³-hybridized carbons (Fsp3) is 0.333. The van der Waals surface area contributed by atoms with Gasteiger partial charge in [-0.25, -0.2) is 9.80 Å². The number of carbonyl (C=O) groups excluding carboxylic acids is 1. The highest BCUT2D eigenvalue weighted by Crippen LogP contribution is 2.28. The molecule has 38 heavy (non-hydrogen) atoms. The van der Waals surface area contributed by atoms with Gasteiger partial charge in [0.1, 0.15) is 17.6 Å². The van der Waals surface area contributed by atoms with Gasteiger partial charge in [0.2, 0.25) is 0 Å². The van der Waals surface area contributed by atoms with Crippen LogP contribution in [-0.4, -0.2) is 47.2 Å². The van der Waals surface area contributed by atoms with Gasteiger partial charge in [-0.05, 0) is 58.2 Å². The standard InChI is InChI=1S/C27H32N4O6S/c1-17(2)36-24(21-10-8-9-11-23(21)35-7)15-30-14-22(19(5)28-37-18(3)4)26(33)31(27(30)34)29(6)25(32)20-12-13-38-16-20/h8-18H,1-7H3/b24-15-,28-19+. The molecule has 0 fully saturated rings. The Labute approximate surface area is 225 Å². The van der Waals surface area contributed by atoms with Crippen molar-refractivity contribution >= 4 is 34.9 Å². The minimum Gasteiger partial charge on any atom is -0.496 e. The number of rotatable bonds is 10. The minimum atomic E-state index is -0.776. The summed E-state index contributed by atoms with van der Waals surface area (Å²) in [6.45, 7) is 8.90. The molecule has 0 aliphatic heterocycles. The molecule has 0 aliphatic rings. The summed E-state index contributed by atoms with van der Waals surface area (Å²) in [5.74, 6) is 0.346. The van der Waals surface area contributed by atoms with Gasteiger partial charge in [-0.1, -0.05) is 17.3 Å². The molecule has 0 spiro atoms. The highest BCUT2D eigenvalue weighted by Gasteiger charge is 2.22. The number of hydrogen-bond donors (Lipinski definition) is 0. The number of thiophene rings is 1. The first-order valence-electron chi connectivity index (χ1n) is 12.0. The molecule has 1 aromatic carbocycles. The lowest BCUT2D eigenvalue weighted by atomic mass is 10.1. The number of oxime groups is 1. The third-order valence-electron chi connectivity index (χ3n) is 5.24. The maximum Gasteiger partial charge on any atom is 0.354 e. The monoisotopic (exact) mass is 540 g/mol. The van der Waals surface area contributed by atoms with Crippen LogP contribution in [0.25, 0.3) is 12.0 Å². The maximum atomic E-state index is 13.7. The normalized spacial score (nSPS) is 12.1. The lowest BCUT2D eigenvalue weighted by Gasteiger charge is -2.21. The van der Waals surface area contributed by atoms with Crippen LogP contribution in [0.3, 0.4) is 0 Å². The number of hydrogen-bond acceptors (Lipinski definition) is 8. The second kappa shape index (κ2) is 12.4. The van der Waals surface area contributed by atoms with Crippen LogP contribution >= 0.6 is 11.3 Å². The second-order valence-electron chi connectivity index (χ2n) is 8.88. The predicted molar refractivity (Wildman–Crippen MR) is 150 cm³/mol. The van der Waals surface area contributed by atoms with Gasteiger partial charge >= 0.3 is 5.69 Å². The van der Waals surface area contributed by atoms with E-state index >= 15 is 0 Å². The van der Waals surface area contributed by atoms with Crippen LogP contribution in [0.2, 0.25) is 0 Å². The molecule has 3 rings (SSSR count). The first kappa shape index (κ1) is 28.5. The van der Waals surface area contributed by atoms with Crippen molar-refractivity contribution < 1.29 is 19.1 Å². The quantitative estimate of drug-likeness (QED) is 0.219. The van der Waals surface area contributed by atoms with Gasteiger partial charge < -0.3 is 14.3 Å². The van der Waals surface area contributed by atoms with Crippen LogP contribution in [0.4, 0.5) is 0 Å². The van der Waals surface area contributed by atoms with E-state index in [-0.39, 0.29) is 23.5 Å². The van der Waals surface area contributed by atoms with E-state index in [0.29, 0.717) is 22.6 Å². The summed E-state index contributed by atoms with van der Waals surface area (Å²) >= 11 is 1.33. The highest BCUT2D eigenvalue weighted by molar-refractivity contribution is 7.08. The summed E-state index contributed by atoms with van der Waals surface area (Å²) in [7, 11) is 2.90. The second-order valence-corrected chi connectivity index (χ2v) is 9.66. The largest absolute Gasteiger partial charge is 0.496 e. The van der Waals surface area contributed by atoms with Gasteiger partial charge in [0, 0.05) is 18.6 Å². The molecule has 0 bridgehead atoms. The van der Waals surface area contributed by atoms with Crippen LogP contribution in [0, 0.1) is 0 Å². The Bertz CT molecular complexity index is 1450. The van der Waals surface area contributed by atoms with Gasteiger partial charge in [-0.3, -0.25) is 14.2 Å². The minimum absolute atomic E-state index is 0.0652. The molecule has 202 valence electrons. The van der Waals surface area contributed by atoms with Crippen LogP contribution in [-0.2, 0) is 9.57 Å². The van der Waals surface area contributed by atoms with E-state index in [1.807, 2.05) is 26.0 Å². The Balaban J connectivity index is 2.31. The molecule has 0 unspecified atom stereocenters. The SMILES string of the molecule is COc1ccccc1/C(=C/n1cc(/C(C)=N/OC(C)C)c(=O)n(N(C)C(=O)c2ccsc2)c1=O)OC(C)C. The fourth-order valence-corrected chi connectivity index (χ4v) is 4.08. The van der Waals surface area contributed by atoms with Crippen molar-refractivity contribution in [1.29, 1.82) is 0 Å². The summed E-state index contributed by atoms with van der Waals surface area (Å²) < 4.78 is 13.5. The Hall–Kier alpha value is -4.12. The Morgan fingerprint density at radius 3 is 2.39 bits per heavy atom. The first-order chi connectivity index (χ1) is 18.0. The van der Waals surface area contributed by atoms with Gasteiger partial charge in [0.25, 0.3) is 11.5 Å². The van der Waals surface area contributed by atoms with E-state index in [2.05, 4.69) is 5.16 Å². The zero-order chi connectivity index (χ0) is 28.0. The highest BCUT2D eigenvalue weighted by atomic mass is 32.1. The lowest BCUT2D eigenvalue weighted by molar-refractivity contribution is 0.0860. The zero-order valence-electron chi connectivity index (χ0n) is 22.5. The molecule has 2 aromatic heterocycles. The fourth-order valence-electron chi connectivity index (χ4n) is 3.45. The van der Waals surface area contributed by atoms with Gasteiger partial charge in [0.15, 0.2) is 0 Å². The summed E-state index contributed by atoms with van der Waals surface area (Å²) in [6, 6.07) is 8.83. The Morgan fingerprint density at radius 2 is 1.79 bits per heavy atom. The molecule has 0 aliphatic carbocycles. The van der Waals surface area contributed by atoms with E-state index in [1.54, 1.807) is 49.7 Å². The molecular weight excluding hydrogens is 508 g/mol. The van der Waals surface area contributed by atoms with Crippen molar-refractivity contribution in [2.75, 3.05) is 19.2 Å². The summed E-state index contributed by atoms with van der Waals surface area (Å²) in [5.41, 5.74) is -0.242. The van der Waals surface area contributed by atoms with Gasteiger partial charge in [0.05, 0.1) is 41.8 Å². The number of para-hydroxylation sites is 1. The van der Waals surface area contributed by atoms with E-state index < -0.39 is 17.2 Å². The topological polar surface area (TPSA) is 104 Å². The first-order valence-corrected chi connectivity index (χ1v) is 12.9. The number of aromatic nitrogens is 2. The van der Waals surface area contributed by atoms with Crippen LogP contribution < -0.4 is 21.0 Å². The number of nitrogens with zero attached hydrogens (tertiary/aromatic N) is 4. The molecule has 0 radical (unpaired) electrons. The van der Waals surface area contributed by atoms with Crippen molar-refractivity contribution in [2.45, 2.75) is 46.8 Å². The molecule has 1 amide bonds.